The van der Waals surface area contributed by atoms with Crippen LogP contribution < -0.4 is 0 Å². The zero-order valence-corrected chi connectivity index (χ0v) is 7.26. The summed E-state index contributed by atoms with van der Waals surface area (Å²) >= 11 is 0. The lowest BCUT2D eigenvalue weighted by atomic mass is 10.2. The van der Waals surface area contributed by atoms with E-state index in [0.29, 0.717) is 12.2 Å². The summed E-state index contributed by atoms with van der Waals surface area (Å²) in [6.45, 7) is 6.52. The van der Waals surface area contributed by atoms with Crippen LogP contribution >= 0.6 is 0 Å². The van der Waals surface area contributed by atoms with Crippen molar-refractivity contribution in [3.8, 4) is 0 Å². The first kappa shape index (κ1) is 8.06. The fraction of sp³-hybridized carbons (Fsp3) is 1.00. The molecule has 0 spiro atoms. The Kier molecular flexibility index (Phi) is 2.72. The van der Waals surface area contributed by atoms with E-state index in [1.807, 2.05) is 0 Å². The minimum Gasteiger partial charge on any atom is -0.375 e. The molecule has 0 aromatic rings. The third-order valence-corrected chi connectivity index (χ3v) is 2.31. The van der Waals surface area contributed by atoms with Gasteiger partial charge in [-0.15, -0.1) is 0 Å². The fourth-order valence-corrected chi connectivity index (χ4v) is 1.14. The Morgan fingerprint density at radius 1 is 1.40 bits per heavy atom. The van der Waals surface area contributed by atoms with Gasteiger partial charge in [-0.2, -0.15) is 0 Å². The lowest BCUT2D eigenvalue weighted by molar-refractivity contribution is -0.00487. The van der Waals surface area contributed by atoms with Crippen molar-refractivity contribution in [2.45, 2.75) is 52.2 Å². The van der Waals surface area contributed by atoms with Crippen molar-refractivity contribution in [3.05, 3.63) is 0 Å². The van der Waals surface area contributed by atoms with Crippen molar-refractivity contribution in [1.82, 2.24) is 0 Å². The van der Waals surface area contributed by atoms with Gasteiger partial charge < -0.3 is 4.74 Å². The summed E-state index contributed by atoms with van der Waals surface area (Å²) < 4.78 is 5.72. The van der Waals surface area contributed by atoms with Gasteiger partial charge in [-0.3, -0.25) is 0 Å². The largest absolute Gasteiger partial charge is 0.375 e. The van der Waals surface area contributed by atoms with Crippen LogP contribution in [0.2, 0.25) is 0 Å². The maximum Gasteiger partial charge on any atom is 0.0578 e. The van der Waals surface area contributed by atoms with Crippen LogP contribution in [-0.4, -0.2) is 12.2 Å². The normalized spacial score (nSPS) is 24.3. The highest BCUT2D eigenvalue weighted by molar-refractivity contribution is 4.79. The van der Waals surface area contributed by atoms with E-state index in [4.69, 9.17) is 4.74 Å². The molecule has 1 saturated carbocycles. The first-order valence-corrected chi connectivity index (χ1v) is 4.39. The molecule has 10 heavy (non-hydrogen) atoms. The molecule has 2 atom stereocenters. The van der Waals surface area contributed by atoms with Gasteiger partial charge in [0.15, 0.2) is 0 Å². The van der Waals surface area contributed by atoms with E-state index in [-0.39, 0.29) is 0 Å². The predicted octanol–water partition coefficient (Wildman–Crippen LogP) is 2.60. The topological polar surface area (TPSA) is 9.23 Å². The molecule has 0 aromatic heterocycles. The molecule has 1 aliphatic carbocycles. The van der Waals surface area contributed by atoms with Crippen LogP contribution in [0.4, 0.5) is 0 Å². The maximum absolute atomic E-state index is 5.72. The standard InChI is InChI=1S/C9H18O/c1-4-7(2)10-8(3)9-5-6-9/h7-9H,4-6H2,1-3H3. The summed E-state index contributed by atoms with van der Waals surface area (Å²) in [6.07, 6.45) is 4.87. The minimum atomic E-state index is 0.454. The van der Waals surface area contributed by atoms with Crippen molar-refractivity contribution in [1.29, 1.82) is 0 Å². The van der Waals surface area contributed by atoms with Crippen LogP contribution in [0.5, 0.6) is 0 Å². The van der Waals surface area contributed by atoms with Gasteiger partial charge in [-0.1, -0.05) is 6.92 Å². The van der Waals surface area contributed by atoms with Crippen molar-refractivity contribution in [3.63, 3.8) is 0 Å². The second-order valence-corrected chi connectivity index (χ2v) is 3.40. The Bertz CT molecular complexity index is 96.9. The zero-order chi connectivity index (χ0) is 7.56. The van der Waals surface area contributed by atoms with Crippen LogP contribution in [0.15, 0.2) is 0 Å². The Balaban J connectivity index is 2.10. The van der Waals surface area contributed by atoms with Crippen molar-refractivity contribution in [2.75, 3.05) is 0 Å². The molecule has 0 radical (unpaired) electrons. The van der Waals surface area contributed by atoms with E-state index in [1.54, 1.807) is 0 Å². The average molecular weight is 142 g/mol. The van der Waals surface area contributed by atoms with E-state index >= 15 is 0 Å². The van der Waals surface area contributed by atoms with E-state index in [0.717, 1.165) is 12.3 Å². The average Bonchev–Trinajstić information content (AvgIpc) is 2.68. The SMILES string of the molecule is CCC(C)OC(C)C1CC1. The van der Waals surface area contributed by atoms with E-state index in [2.05, 4.69) is 20.8 Å². The number of hydrogen-bond acceptors (Lipinski definition) is 1. The summed E-state index contributed by atoms with van der Waals surface area (Å²) in [5.74, 6) is 0.883. The first-order chi connectivity index (χ1) is 4.74. The number of ether oxygens (including phenoxy) is 1. The summed E-state index contributed by atoms with van der Waals surface area (Å²) in [6, 6.07) is 0. The summed E-state index contributed by atoms with van der Waals surface area (Å²) in [5.41, 5.74) is 0. The highest BCUT2D eigenvalue weighted by Crippen LogP contribution is 2.34. The Morgan fingerprint density at radius 2 is 2.00 bits per heavy atom. The molecule has 60 valence electrons. The first-order valence-electron chi connectivity index (χ1n) is 4.39. The molecule has 2 unspecified atom stereocenters. The molecule has 1 aliphatic rings. The van der Waals surface area contributed by atoms with E-state index in [1.165, 1.54) is 12.8 Å². The van der Waals surface area contributed by atoms with Crippen LogP contribution in [0.3, 0.4) is 0 Å². The zero-order valence-electron chi connectivity index (χ0n) is 7.26. The molecular formula is C9H18O. The quantitative estimate of drug-likeness (QED) is 0.586. The Hall–Kier alpha value is -0.0400. The number of hydrogen-bond donors (Lipinski definition) is 0. The van der Waals surface area contributed by atoms with E-state index < -0.39 is 0 Å². The lowest BCUT2D eigenvalue weighted by Gasteiger charge is -2.16. The monoisotopic (exact) mass is 142 g/mol. The molecule has 0 bridgehead atoms. The molecule has 0 amide bonds. The third kappa shape index (κ3) is 2.30. The van der Waals surface area contributed by atoms with Gasteiger partial charge in [0.1, 0.15) is 0 Å². The summed E-state index contributed by atoms with van der Waals surface area (Å²) in [4.78, 5) is 0. The van der Waals surface area contributed by atoms with Gasteiger partial charge in [0, 0.05) is 0 Å². The van der Waals surface area contributed by atoms with Crippen molar-refractivity contribution in [2.24, 2.45) is 5.92 Å². The van der Waals surface area contributed by atoms with Crippen molar-refractivity contribution < 1.29 is 4.74 Å². The van der Waals surface area contributed by atoms with Gasteiger partial charge in [0.25, 0.3) is 0 Å². The molecular weight excluding hydrogens is 124 g/mol. The maximum atomic E-state index is 5.72. The van der Waals surface area contributed by atoms with Crippen LogP contribution in [0.25, 0.3) is 0 Å². The molecule has 0 heterocycles. The molecule has 0 saturated heterocycles. The predicted molar refractivity (Wildman–Crippen MR) is 43.0 cm³/mol. The van der Waals surface area contributed by atoms with Gasteiger partial charge >= 0.3 is 0 Å². The number of rotatable bonds is 4. The minimum absolute atomic E-state index is 0.454. The van der Waals surface area contributed by atoms with Gasteiger partial charge in [0.2, 0.25) is 0 Å². The van der Waals surface area contributed by atoms with Gasteiger partial charge in [-0.25, -0.2) is 0 Å². The molecule has 1 nitrogen and oxygen atoms in total. The second kappa shape index (κ2) is 3.38. The molecule has 1 rings (SSSR count). The molecule has 0 aliphatic heterocycles. The van der Waals surface area contributed by atoms with Gasteiger partial charge in [-0.05, 0) is 39.0 Å². The summed E-state index contributed by atoms with van der Waals surface area (Å²) in [5, 5.41) is 0. The second-order valence-electron chi connectivity index (χ2n) is 3.40. The molecule has 1 heteroatoms. The smallest absolute Gasteiger partial charge is 0.0578 e. The highest BCUT2D eigenvalue weighted by atomic mass is 16.5. The molecule has 1 fully saturated rings. The highest BCUT2D eigenvalue weighted by Gasteiger charge is 2.29. The fourth-order valence-electron chi connectivity index (χ4n) is 1.14. The molecule has 0 aromatic carbocycles. The Morgan fingerprint density at radius 3 is 2.40 bits per heavy atom. The van der Waals surface area contributed by atoms with Gasteiger partial charge in [0.05, 0.1) is 12.2 Å². The van der Waals surface area contributed by atoms with E-state index in [9.17, 15) is 0 Å². The van der Waals surface area contributed by atoms with Crippen LogP contribution in [0.1, 0.15) is 40.0 Å². The Labute approximate surface area is 63.8 Å². The summed E-state index contributed by atoms with van der Waals surface area (Å²) in [7, 11) is 0. The van der Waals surface area contributed by atoms with Crippen molar-refractivity contribution >= 4 is 0 Å². The van der Waals surface area contributed by atoms with Crippen LogP contribution in [0, 0.1) is 5.92 Å². The van der Waals surface area contributed by atoms with Crippen LogP contribution in [-0.2, 0) is 4.74 Å². The third-order valence-electron chi connectivity index (χ3n) is 2.31. The lowest BCUT2D eigenvalue weighted by Crippen LogP contribution is -2.17. The molecule has 0 N–H and O–H groups in total.